The van der Waals surface area contributed by atoms with Crippen molar-refractivity contribution in [2.45, 2.75) is 0 Å². The lowest BCUT2D eigenvalue weighted by molar-refractivity contribution is 1.23. The summed E-state index contributed by atoms with van der Waals surface area (Å²) in [7, 11) is 0. The minimum absolute atomic E-state index is 0.978. The fourth-order valence-corrected chi connectivity index (χ4v) is 3.02. The number of aromatic amines is 1. The van der Waals surface area contributed by atoms with E-state index in [1.165, 1.54) is 17.3 Å². The van der Waals surface area contributed by atoms with Crippen LogP contribution in [0.1, 0.15) is 0 Å². The van der Waals surface area contributed by atoms with Crippen molar-refractivity contribution in [1.29, 1.82) is 0 Å². The number of nitrogens with zero attached hydrogens (tertiary/aromatic N) is 2. The Morgan fingerprint density at radius 3 is 3.22 bits per heavy atom. The van der Waals surface area contributed by atoms with Crippen LogP contribution in [-0.4, -0.2) is 15.0 Å². The molecule has 0 spiro atoms. The Kier molecular flexibility index (Phi) is 1.98. The Morgan fingerprint density at radius 1 is 1.22 bits per heavy atom. The number of nitrogens with one attached hydrogen (secondary N) is 1. The van der Waals surface area contributed by atoms with Crippen molar-refractivity contribution in [3.8, 4) is 11.1 Å². The number of fused-ring (bicyclic) bond motifs is 2. The molecule has 4 heteroatoms. The highest BCUT2D eigenvalue weighted by Crippen LogP contribution is 2.33. The number of H-pyrrole nitrogens is 1. The van der Waals surface area contributed by atoms with Crippen molar-refractivity contribution in [3.05, 3.63) is 48.4 Å². The Morgan fingerprint density at radius 2 is 2.22 bits per heavy atom. The van der Waals surface area contributed by atoms with Crippen molar-refractivity contribution in [1.82, 2.24) is 15.0 Å². The Bertz CT molecular complexity index is 844. The second kappa shape index (κ2) is 3.65. The summed E-state index contributed by atoms with van der Waals surface area (Å²) in [5.74, 6) is 0. The summed E-state index contributed by atoms with van der Waals surface area (Å²) in [5, 5.41) is 4.33. The molecule has 0 aliphatic carbocycles. The summed E-state index contributed by atoms with van der Waals surface area (Å²) in [5.41, 5.74) is 3.46. The van der Waals surface area contributed by atoms with Crippen LogP contribution in [0.25, 0.3) is 32.2 Å². The van der Waals surface area contributed by atoms with Gasteiger partial charge < -0.3 is 4.98 Å². The van der Waals surface area contributed by atoms with Gasteiger partial charge in [0.2, 0.25) is 0 Å². The molecule has 0 bridgehead atoms. The van der Waals surface area contributed by atoms with E-state index in [-0.39, 0.29) is 0 Å². The lowest BCUT2D eigenvalue weighted by Crippen LogP contribution is -1.79. The van der Waals surface area contributed by atoms with Gasteiger partial charge >= 0.3 is 0 Å². The maximum atomic E-state index is 4.25. The lowest BCUT2D eigenvalue weighted by Gasteiger charge is -1.99. The smallest absolute Gasteiger partial charge is 0.127 e. The van der Waals surface area contributed by atoms with Crippen LogP contribution in [0.2, 0.25) is 0 Å². The van der Waals surface area contributed by atoms with E-state index in [1.807, 2.05) is 6.20 Å². The maximum Gasteiger partial charge on any atom is 0.127 e. The van der Waals surface area contributed by atoms with Crippen molar-refractivity contribution in [2.75, 3.05) is 0 Å². The number of rotatable bonds is 1. The number of aromatic nitrogens is 3. The third-order valence-electron chi connectivity index (χ3n) is 3.05. The van der Waals surface area contributed by atoms with Crippen molar-refractivity contribution < 1.29 is 0 Å². The van der Waals surface area contributed by atoms with E-state index in [4.69, 9.17) is 0 Å². The van der Waals surface area contributed by atoms with E-state index in [0.29, 0.717) is 0 Å². The summed E-state index contributed by atoms with van der Waals surface area (Å²) in [6.45, 7) is 0. The lowest BCUT2D eigenvalue weighted by atomic mass is 10.1. The molecule has 3 heterocycles. The largest absolute Gasteiger partial charge is 0.361 e. The predicted molar refractivity (Wildman–Crippen MR) is 73.5 cm³/mol. The molecule has 1 N–H and O–H groups in total. The Hall–Kier alpha value is -2.20. The van der Waals surface area contributed by atoms with Gasteiger partial charge in [0.25, 0.3) is 0 Å². The van der Waals surface area contributed by atoms with Gasteiger partial charge in [-0.05, 0) is 23.1 Å². The van der Waals surface area contributed by atoms with Crippen LogP contribution in [0.4, 0.5) is 0 Å². The van der Waals surface area contributed by atoms with Gasteiger partial charge in [-0.15, -0.1) is 11.3 Å². The van der Waals surface area contributed by atoms with Gasteiger partial charge in [-0.2, -0.15) is 0 Å². The molecule has 3 nitrogen and oxygen atoms in total. The molecule has 0 atom stereocenters. The highest BCUT2D eigenvalue weighted by Gasteiger charge is 2.08. The fraction of sp³-hybridized carbons (Fsp3) is 0. The molecule has 0 saturated carbocycles. The topological polar surface area (TPSA) is 41.6 Å². The van der Waals surface area contributed by atoms with Crippen molar-refractivity contribution in [3.63, 3.8) is 0 Å². The third kappa shape index (κ3) is 1.36. The summed E-state index contributed by atoms with van der Waals surface area (Å²) in [6, 6.07) is 8.46. The van der Waals surface area contributed by atoms with Crippen LogP contribution in [-0.2, 0) is 0 Å². The van der Waals surface area contributed by atoms with Crippen LogP contribution in [0.3, 0.4) is 0 Å². The van der Waals surface area contributed by atoms with Gasteiger partial charge in [-0.25, -0.2) is 9.97 Å². The Balaban J connectivity index is 2.00. The first-order valence-corrected chi connectivity index (χ1v) is 6.47. The summed E-state index contributed by atoms with van der Waals surface area (Å²) in [6.07, 6.45) is 6.52. The molecule has 0 amide bonds. The Labute approximate surface area is 107 Å². The van der Waals surface area contributed by atoms with Crippen LogP contribution >= 0.6 is 11.3 Å². The molecule has 18 heavy (non-hydrogen) atoms. The molecular formula is C14H8N3S. The highest BCUT2D eigenvalue weighted by atomic mass is 32.1. The molecule has 1 radical (unpaired) electrons. The monoisotopic (exact) mass is 250 g/mol. The van der Waals surface area contributed by atoms with Crippen LogP contribution in [0.15, 0.2) is 42.2 Å². The first-order chi connectivity index (χ1) is 8.92. The average Bonchev–Trinajstić information content (AvgIpc) is 3.04. The van der Waals surface area contributed by atoms with Gasteiger partial charge in [-0.1, -0.05) is 12.1 Å². The molecule has 0 aliphatic rings. The van der Waals surface area contributed by atoms with E-state index in [2.05, 4.69) is 50.8 Å². The van der Waals surface area contributed by atoms with E-state index >= 15 is 0 Å². The summed E-state index contributed by atoms with van der Waals surface area (Å²) < 4.78 is 0. The van der Waals surface area contributed by atoms with Crippen molar-refractivity contribution >= 4 is 32.5 Å². The first-order valence-electron chi connectivity index (χ1n) is 5.59. The van der Waals surface area contributed by atoms with Crippen LogP contribution < -0.4 is 0 Å². The zero-order valence-electron chi connectivity index (χ0n) is 9.34. The fourth-order valence-electron chi connectivity index (χ4n) is 2.15. The number of hydrogen-bond acceptors (Lipinski definition) is 3. The quantitative estimate of drug-likeness (QED) is 0.560. The summed E-state index contributed by atoms with van der Waals surface area (Å²) >= 11 is 1.62. The standard InChI is InChI=1S/C14H8N3S/c1-2-10(5-13-9(1)3-4-16-13)12-7-18-14-11(12)6-15-8-17-14/h1-5,7-8,16H. The van der Waals surface area contributed by atoms with Gasteiger partial charge in [0.15, 0.2) is 0 Å². The number of hydrogen-bond donors (Lipinski definition) is 1. The van der Waals surface area contributed by atoms with E-state index < -0.39 is 0 Å². The molecule has 0 unspecified atom stereocenters. The van der Waals surface area contributed by atoms with Gasteiger partial charge in [-0.3, -0.25) is 0 Å². The second-order valence-electron chi connectivity index (χ2n) is 4.09. The molecule has 0 aliphatic heterocycles. The van der Waals surface area contributed by atoms with E-state index in [1.54, 1.807) is 11.3 Å². The second-order valence-corrected chi connectivity index (χ2v) is 4.95. The third-order valence-corrected chi connectivity index (χ3v) is 3.93. The predicted octanol–water partition coefficient (Wildman–Crippen LogP) is 3.64. The first kappa shape index (κ1) is 9.79. The normalized spacial score (nSPS) is 11.3. The zero-order valence-corrected chi connectivity index (χ0v) is 10.2. The molecule has 85 valence electrons. The molecule has 1 aromatic carbocycles. The van der Waals surface area contributed by atoms with Crippen LogP contribution in [0, 0.1) is 6.20 Å². The average molecular weight is 250 g/mol. The molecule has 0 saturated heterocycles. The van der Waals surface area contributed by atoms with Crippen molar-refractivity contribution in [2.24, 2.45) is 0 Å². The molecular weight excluding hydrogens is 242 g/mol. The molecule has 3 aromatic heterocycles. The van der Waals surface area contributed by atoms with Gasteiger partial charge in [0, 0.05) is 28.0 Å². The van der Waals surface area contributed by atoms with Gasteiger partial charge in [0.05, 0.1) is 0 Å². The molecule has 4 aromatic rings. The SMILES string of the molecule is [c]1ncnc2scc(-c3ccc4cc[nH]c4c3)c12. The number of thiophene rings is 1. The molecule has 0 fully saturated rings. The molecule has 4 rings (SSSR count). The van der Waals surface area contributed by atoms with Gasteiger partial charge in [0.1, 0.15) is 17.4 Å². The minimum Gasteiger partial charge on any atom is -0.361 e. The maximum absolute atomic E-state index is 4.25. The highest BCUT2D eigenvalue weighted by molar-refractivity contribution is 7.17. The number of benzene rings is 1. The summed E-state index contributed by atoms with van der Waals surface area (Å²) in [4.78, 5) is 12.4. The van der Waals surface area contributed by atoms with E-state index in [0.717, 1.165) is 21.3 Å². The van der Waals surface area contributed by atoms with E-state index in [9.17, 15) is 0 Å². The zero-order chi connectivity index (χ0) is 11.9. The minimum atomic E-state index is 0.978. The van der Waals surface area contributed by atoms with Crippen LogP contribution in [0.5, 0.6) is 0 Å².